The van der Waals surface area contributed by atoms with Crippen molar-refractivity contribution >= 4 is 11.8 Å². The summed E-state index contributed by atoms with van der Waals surface area (Å²) in [6.07, 6.45) is 8.60. The van der Waals surface area contributed by atoms with Crippen LogP contribution >= 0.6 is 11.8 Å². The van der Waals surface area contributed by atoms with Gasteiger partial charge in [-0.3, -0.25) is 0 Å². The molecule has 111 valence electrons. The van der Waals surface area contributed by atoms with Crippen LogP contribution in [0.25, 0.3) is 11.3 Å². The fourth-order valence-electron chi connectivity index (χ4n) is 3.06. The maximum atomic E-state index is 5.25. The number of ether oxygens (including phenoxy) is 1. The molecule has 1 saturated carbocycles. The minimum atomic E-state index is 0.905. The Kier molecular flexibility index (Phi) is 4.59. The molecule has 0 bridgehead atoms. The van der Waals surface area contributed by atoms with Gasteiger partial charge >= 0.3 is 0 Å². The van der Waals surface area contributed by atoms with Crippen molar-refractivity contribution < 1.29 is 4.74 Å². The number of rotatable bonds is 5. The first-order chi connectivity index (χ1) is 10.3. The van der Waals surface area contributed by atoms with Crippen LogP contribution < -0.4 is 4.74 Å². The number of aromatic amines is 1. The van der Waals surface area contributed by atoms with Gasteiger partial charge < -0.3 is 9.72 Å². The van der Waals surface area contributed by atoms with Crippen LogP contribution in [-0.2, 0) is 6.42 Å². The Hall–Kier alpha value is -1.35. The molecule has 1 radical (unpaired) electrons. The molecule has 2 aromatic rings. The smallest absolute Gasteiger partial charge is 0.118 e. The molecule has 0 spiro atoms. The number of methoxy groups -OCH3 is 1. The van der Waals surface area contributed by atoms with E-state index in [1.165, 1.54) is 47.5 Å². The molecule has 21 heavy (non-hydrogen) atoms. The Morgan fingerprint density at radius 3 is 2.48 bits per heavy atom. The summed E-state index contributed by atoms with van der Waals surface area (Å²) in [6, 6.07) is 10.6. The SMILES string of the molecule is COc1ccc(-c2[nH]c(SC)cc2C[C]2CCCC2)cc1. The fraction of sp³-hybridized carbons (Fsp3) is 0.389. The minimum absolute atomic E-state index is 0.905. The monoisotopic (exact) mass is 300 g/mol. The Labute approximate surface area is 131 Å². The van der Waals surface area contributed by atoms with Crippen LogP contribution in [0, 0.1) is 5.92 Å². The third-order valence-electron chi connectivity index (χ3n) is 4.22. The molecule has 1 N–H and O–H groups in total. The van der Waals surface area contributed by atoms with E-state index in [4.69, 9.17) is 4.74 Å². The summed E-state index contributed by atoms with van der Waals surface area (Å²) in [4.78, 5) is 3.57. The third kappa shape index (κ3) is 3.29. The van der Waals surface area contributed by atoms with Gasteiger partial charge in [-0.15, -0.1) is 11.8 Å². The summed E-state index contributed by atoms with van der Waals surface area (Å²) in [5.74, 6) is 2.61. The molecule has 0 aliphatic heterocycles. The van der Waals surface area contributed by atoms with Crippen molar-refractivity contribution in [3.8, 4) is 17.0 Å². The number of aromatic nitrogens is 1. The molecule has 0 saturated heterocycles. The van der Waals surface area contributed by atoms with Gasteiger partial charge in [0.25, 0.3) is 0 Å². The second kappa shape index (κ2) is 6.61. The summed E-state index contributed by atoms with van der Waals surface area (Å²) >= 11 is 1.77. The Balaban J connectivity index is 1.89. The minimum Gasteiger partial charge on any atom is -0.497 e. The highest BCUT2D eigenvalue weighted by Crippen LogP contribution is 2.35. The topological polar surface area (TPSA) is 25.0 Å². The second-order valence-corrected chi connectivity index (χ2v) is 6.45. The first-order valence-corrected chi connectivity index (χ1v) is 8.76. The molecule has 0 unspecified atom stereocenters. The molecule has 0 atom stereocenters. The van der Waals surface area contributed by atoms with Crippen molar-refractivity contribution in [1.29, 1.82) is 0 Å². The molecule has 1 aromatic carbocycles. The van der Waals surface area contributed by atoms with E-state index >= 15 is 0 Å². The summed E-state index contributed by atoms with van der Waals surface area (Å²) in [5, 5.41) is 1.24. The first-order valence-electron chi connectivity index (χ1n) is 7.54. The van der Waals surface area contributed by atoms with Crippen molar-refractivity contribution in [2.75, 3.05) is 13.4 Å². The van der Waals surface area contributed by atoms with Gasteiger partial charge in [0.1, 0.15) is 5.75 Å². The second-order valence-electron chi connectivity index (χ2n) is 5.60. The highest BCUT2D eigenvalue weighted by molar-refractivity contribution is 7.98. The molecule has 2 nitrogen and oxygen atoms in total. The third-order valence-corrected chi connectivity index (χ3v) is 4.88. The highest BCUT2D eigenvalue weighted by atomic mass is 32.2. The van der Waals surface area contributed by atoms with Crippen molar-refractivity contribution in [3.05, 3.63) is 41.8 Å². The van der Waals surface area contributed by atoms with Crippen LogP contribution in [-0.4, -0.2) is 18.3 Å². The lowest BCUT2D eigenvalue weighted by Crippen LogP contribution is -1.97. The van der Waals surface area contributed by atoms with E-state index in [-0.39, 0.29) is 0 Å². The zero-order valence-electron chi connectivity index (χ0n) is 12.7. The van der Waals surface area contributed by atoms with E-state index in [1.54, 1.807) is 24.8 Å². The van der Waals surface area contributed by atoms with Crippen molar-refractivity contribution in [3.63, 3.8) is 0 Å². The number of thioether (sulfide) groups is 1. The standard InChI is InChI=1S/C18H22NOS/c1-20-16-9-7-14(8-10-16)18-15(12-17(19-18)21-2)11-13-5-3-4-6-13/h7-10,12,19H,3-6,11H2,1-2H3. The van der Waals surface area contributed by atoms with Gasteiger partial charge in [0.15, 0.2) is 0 Å². The number of benzene rings is 1. The normalized spacial score (nSPS) is 15.5. The molecule has 1 heterocycles. The summed E-state index contributed by atoms with van der Waals surface area (Å²) in [6.45, 7) is 0. The van der Waals surface area contributed by atoms with Crippen LogP contribution in [0.15, 0.2) is 35.4 Å². The fourth-order valence-corrected chi connectivity index (χ4v) is 3.52. The van der Waals surface area contributed by atoms with E-state index in [9.17, 15) is 0 Å². The zero-order chi connectivity index (χ0) is 14.7. The van der Waals surface area contributed by atoms with Gasteiger partial charge in [-0.25, -0.2) is 0 Å². The van der Waals surface area contributed by atoms with Crippen LogP contribution in [0.4, 0.5) is 0 Å². The lowest BCUT2D eigenvalue weighted by molar-refractivity contribution is 0.415. The van der Waals surface area contributed by atoms with Crippen molar-refractivity contribution in [2.24, 2.45) is 0 Å². The molecule has 0 amide bonds. The predicted octanol–water partition coefficient (Wildman–Crippen LogP) is 5.10. The Bertz CT molecular complexity index is 582. The summed E-state index contributed by atoms with van der Waals surface area (Å²) in [5.41, 5.74) is 3.94. The average Bonchev–Trinajstić information content (AvgIpc) is 3.17. The van der Waals surface area contributed by atoms with Crippen LogP contribution in [0.3, 0.4) is 0 Å². The van der Waals surface area contributed by atoms with Crippen LogP contribution in [0.1, 0.15) is 31.2 Å². The van der Waals surface area contributed by atoms with Gasteiger partial charge in [0.2, 0.25) is 0 Å². The summed E-state index contributed by atoms with van der Waals surface area (Å²) in [7, 11) is 1.71. The molecule has 3 rings (SSSR count). The number of H-pyrrole nitrogens is 1. The van der Waals surface area contributed by atoms with Gasteiger partial charge in [-0.05, 0) is 72.9 Å². The number of nitrogens with one attached hydrogen (secondary N) is 1. The first kappa shape index (κ1) is 14.6. The zero-order valence-corrected chi connectivity index (χ0v) is 13.6. The van der Waals surface area contributed by atoms with E-state index in [0.29, 0.717) is 0 Å². The van der Waals surface area contributed by atoms with Crippen molar-refractivity contribution in [2.45, 2.75) is 37.1 Å². The van der Waals surface area contributed by atoms with Crippen LogP contribution in [0.2, 0.25) is 0 Å². The van der Waals surface area contributed by atoms with E-state index in [2.05, 4.69) is 29.4 Å². The van der Waals surface area contributed by atoms with E-state index in [1.807, 2.05) is 12.1 Å². The predicted molar refractivity (Wildman–Crippen MR) is 90.0 cm³/mol. The molecular formula is C18H22NOS. The molecule has 3 heteroatoms. The molecular weight excluding hydrogens is 278 g/mol. The van der Waals surface area contributed by atoms with Crippen LogP contribution in [0.5, 0.6) is 5.75 Å². The molecule has 1 fully saturated rings. The number of hydrogen-bond acceptors (Lipinski definition) is 2. The quantitative estimate of drug-likeness (QED) is 0.777. The maximum absolute atomic E-state index is 5.25. The largest absolute Gasteiger partial charge is 0.497 e. The summed E-state index contributed by atoms with van der Waals surface area (Å²) < 4.78 is 5.25. The highest BCUT2D eigenvalue weighted by Gasteiger charge is 2.19. The Morgan fingerprint density at radius 2 is 1.86 bits per heavy atom. The van der Waals surface area contributed by atoms with Gasteiger partial charge in [0.05, 0.1) is 12.1 Å². The molecule has 1 aromatic heterocycles. The van der Waals surface area contributed by atoms with Gasteiger partial charge in [-0.1, -0.05) is 12.8 Å². The van der Waals surface area contributed by atoms with Crippen molar-refractivity contribution in [1.82, 2.24) is 4.98 Å². The van der Waals surface area contributed by atoms with Gasteiger partial charge in [-0.2, -0.15) is 0 Å². The van der Waals surface area contributed by atoms with E-state index in [0.717, 1.165) is 12.2 Å². The average molecular weight is 300 g/mol. The van der Waals surface area contributed by atoms with E-state index < -0.39 is 0 Å². The van der Waals surface area contributed by atoms with Gasteiger partial charge in [0, 0.05) is 5.69 Å². The lowest BCUT2D eigenvalue weighted by Gasteiger charge is -2.10. The molecule has 1 aliphatic carbocycles. The molecule has 1 aliphatic rings. The lowest BCUT2D eigenvalue weighted by atomic mass is 9.96. The maximum Gasteiger partial charge on any atom is 0.118 e. The Morgan fingerprint density at radius 1 is 1.14 bits per heavy atom. The number of hydrogen-bond donors (Lipinski definition) is 1.